The predicted molar refractivity (Wildman–Crippen MR) is 53.6 cm³/mol. The summed E-state index contributed by atoms with van der Waals surface area (Å²) >= 11 is 0. The van der Waals surface area contributed by atoms with E-state index in [1.165, 1.54) is 0 Å². The highest BCUT2D eigenvalue weighted by Crippen LogP contribution is 2.25. The largest absolute Gasteiger partial charge is 0.374 e. The minimum Gasteiger partial charge on any atom is -0.374 e. The van der Waals surface area contributed by atoms with Crippen LogP contribution in [0.4, 0.5) is 0 Å². The van der Waals surface area contributed by atoms with Gasteiger partial charge in [0.1, 0.15) is 0 Å². The molecular formula is C9H18N4O. The molecule has 1 atom stereocenters. The third-order valence-corrected chi connectivity index (χ3v) is 2.33. The van der Waals surface area contributed by atoms with Crippen LogP contribution >= 0.6 is 0 Å². The number of hydrogen-bond acceptors (Lipinski definition) is 4. The zero-order valence-corrected chi connectivity index (χ0v) is 9.19. The summed E-state index contributed by atoms with van der Waals surface area (Å²) in [6.45, 7) is 6.53. The zero-order valence-electron chi connectivity index (χ0n) is 9.19. The molecule has 2 N–H and O–H groups in total. The van der Waals surface area contributed by atoms with Gasteiger partial charge in [0, 0.05) is 13.7 Å². The predicted octanol–water partition coefficient (Wildman–Crippen LogP) is 0.630. The maximum absolute atomic E-state index is 6.08. The van der Waals surface area contributed by atoms with E-state index in [0.29, 0.717) is 6.61 Å². The second kappa shape index (κ2) is 4.06. The lowest BCUT2D eigenvalue weighted by molar-refractivity contribution is -0.0314. The van der Waals surface area contributed by atoms with Gasteiger partial charge in [-0.3, -0.25) is 4.68 Å². The maximum atomic E-state index is 6.08. The summed E-state index contributed by atoms with van der Waals surface area (Å²) in [4.78, 5) is 0. The average Bonchev–Trinajstić information content (AvgIpc) is 2.50. The molecule has 0 fully saturated rings. The van der Waals surface area contributed by atoms with Gasteiger partial charge in [-0.2, -0.15) is 0 Å². The number of aryl methyl sites for hydroxylation is 1. The van der Waals surface area contributed by atoms with Crippen LogP contribution in [0, 0.1) is 0 Å². The summed E-state index contributed by atoms with van der Waals surface area (Å²) in [6, 6.07) is -0.220. The molecule has 0 aliphatic rings. The Labute approximate surface area is 84.2 Å². The molecule has 5 heteroatoms. The van der Waals surface area contributed by atoms with Gasteiger partial charge in [-0.1, -0.05) is 5.21 Å². The molecule has 1 rings (SSSR count). The number of ether oxygens (including phenoxy) is 1. The molecule has 5 nitrogen and oxygen atoms in total. The maximum Gasteiger partial charge on any atom is 0.0833 e. The third kappa shape index (κ3) is 2.10. The number of rotatable bonds is 4. The molecule has 0 aliphatic carbocycles. The summed E-state index contributed by atoms with van der Waals surface area (Å²) in [6.07, 6.45) is 1.67. The molecule has 14 heavy (non-hydrogen) atoms. The van der Waals surface area contributed by atoms with Crippen LogP contribution in [0.15, 0.2) is 6.20 Å². The lowest BCUT2D eigenvalue weighted by atomic mass is 9.97. The first-order valence-electron chi connectivity index (χ1n) is 4.73. The second-order valence-corrected chi connectivity index (χ2v) is 3.80. The van der Waals surface area contributed by atoms with E-state index in [9.17, 15) is 0 Å². The van der Waals surface area contributed by atoms with Crippen molar-refractivity contribution in [2.75, 3.05) is 6.61 Å². The highest BCUT2D eigenvalue weighted by atomic mass is 16.5. The van der Waals surface area contributed by atoms with Crippen LogP contribution in [0.2, 0.25) is 0 Å². The van der Waals surface area contributed by atoms with E-state index in [0.717, 1.165) is 5.69 Å². The molecule has 0 aromatic carbocycles. The van der Waals surface area contributed by atoms with E-state index in [-0.39, 0.29) is 6.04 Å². The van der Waals surface area contributed by atoms with Crippen molar-refractivity contribution in [1.29, 1.82) is 0 Å². The fourth-order valence-electron chi connectivity index (χ4n) is 1.40. The number of aromatic nitrogens is 3. The van der Waals surface area contributed by atoms with E-state index < -0.39 is 5.60 Å². The lowest BCUT2D eigenvalue weighted by Crippen LogP contribution is -2.39. The Kier molecular flexibility index (Phi) is 3.23. The second-order valence-electron chi connectivity index (χ2n) is 3.80. The van der Waals surface area contributed by atoms with Crippen molar-refractivity contribution < 1.29 is 4.74 Å². The smallest absolute Gasteiger partial charge is 0.0833 e. The van der Waals surface area contributed by atoms with Crippen molar-refractivity contribution >= 4 is 0 Å². The summed E-state index contributed by atoms with van der Waals surface area (Å²) < 4.78 is 7.25. The Morgan fingerprint density at radius 3 is 2.71 bits per heavy atom. The van der Waals surface area contributed by atoms with Crippen molar-refractivity contribution in [2.45, 2.75) is 32.4 Å². The first-order valence-corrected chi connectivity index (χ1v) is 4.73. The van der Waals surface area contributed by atoms with Crippen LogP contribution in [0.1, 0.15) is 32.5 Å². The van der Waals surface area contributed by atoms with Crippen molar-refractivity contribution in [1.82, 2.24) is 15.0 Å². The van der Waals surface area contributed by atoms with Gasteiger partial charge >= 0.3 is 0 Å². The summed E-state index contributed by atoms with van der Waals surface area (Å²) in [5.41, 5.74) is 6.56. The van der Waals surface area contributed by atoms with E-state index in [1.54, 1.807) is 10.9 Å². The first-order chi connectivity index (χ1) is 6.49. The van der Waals surface area contributed by atoms with Crippen LogP contribution < -0.4 is 5.73 Å². The summed E-state index contributed by atoms with van der Waals surface area (Å²) in [7, 11) is 1.82. The number of hydrogen-bond donors (Lipinski definition) is 1. The molecule has 1 aromatic heterocycles. The Morgan fingerprint density at radius 1 is 1.64 bits per heavy atom. The highest BCUT2D eigenvalue weighted by Gasteiger charge is 2.30. The van der Waals surface area contributed by atoms with Gasteiger partial charge in [0.15, 0.2) is 0 Å². The SMILES string of the molecule is CCOC(C)(C)C(N)c1cnnn1C. The number of nitrogens with two attached hydrogens (primary N) is 1. The zero-order chi connectivity index (χ0) is 10.8. The van der Waals surface area contributed by atoms with Gasteiger partial charge in [-0.25, -0.2) is 0 Å². The van der Waals surface area contributed by atoms with Crippen molar-refractivity contribution in [2.24, 2.45) is 12.8 Å². The third-order valence-electron chi connectivity index (χ3n) is 2.33. The fourth-order valence-corrected chi connectivity index (χ4v) is 1.40. The monoisotopic (exact) mass is 198 g/mol. The van der Waals surface area contributed by atoms with E-state index in [4.69, 9.17) is 10.5 Å². The van der Waals surface area contributed by atoms with Crippen LogP contribution in [0.25, 0.3) is 0 Å². The lowest BCUT2D eigenvalue weighted by Gasteiger charge is -2.30. The van der Waals surface area contributed by atoms with E-state index in [1.807, 2.05) is 27.8 Å². The van der Waals surface area contributed by atoms with Crippen molar-refractivity contribution in [3.63, 3.8) is 0 Å². The molecule has 80 valence electrons. The average molecular weight is 198 g/mol. The van der Waals surface area contributed by atoms with Gasteiger partial charge in [0.05, 0.1) is 23.5 Å². The quantitative estimate of drug-likeness (QED) is 0.770. The van der Waals surface area contributed by atoms with Gasteiger partial charge in [0.2, 0.25) is 0 Å². The topological polar surface area (TPSA) is 66.0 Å². The van der Waals surface area contributed by atoms with Gasteiger partial charge in [0.25, 0.3) is 0 Å². The molecule has 1 heterocycles. The molecule has 1 aromatic rings. The minimum absolute atomic E-state index is 0.220. The molecule has 0 radical (unpaired) electrons. The van der Waals surface area contributed by atoms with Crippen LogP contribution in [-0.2, 0) is 11.8 Å². The first kappa shape index (κ1) is 11.1. The van der Waals surface area contributed by atoms with Crippen LogP contribution in [0.5, 0.6) is 0 Å². The van der Waals surface area contributed by atoms with E-state index >= 15 is 0 Å². The minimum atomic E-state index is -0.399. The molecular weight excluding hydrogens is 180 g/mol. The number of nitrogens with zero attached hydrogens (tertiary/aromatic N) is 3. The Morgan fingerprint density at radius 2 is 2.29 bits per heavy atom. The Hall–Kier alpha value is -0.940. The van der Waals surface area contributed by atoms with Crippen LogP contribution in [-0.4, -0.2) is 27.2 Å². The highest BCUT2D eigenvalue weighted by molar-refractivity contribution is 5.06. The fraction of sp³-hybridized carbons (Fsp3) is 0.778. The normalized spacial score (nSPS) is 14.4. The molecule has 0 amide bonds. The Balaban J connectivity index is 2.84. The summed E-state index contributed by atoms with van der Waals surface area (Å²) in [5.74, 6) is 0. The van der Waals surface area contributed by atoms with Crippen LogP contribution in [0.3, 0.4) is 0 Å². The molecule has 0 saturated carbocycles. The summed E-state index contributed by atoms with van der Waals surface area (Å²) in [5, 5.41) is 7.64. The molecule has 1 unspecified atom stereocenters. The van der Waals surface area contributed by atoms with Gasteiger partial charge in [-0.15, -0.1) is 5.10 Å². The molecule has 0 spiro atoms. The van der Waals surface area contributed by atoms with Gasteiger partial charge < -0.3 is 10.5 Å². The van der Waals surface area contributed by atoms with Crippen molar-refractivity contribution in [3.8, 4) is 0 Å². The van der Waals surface area contributed by atoms with Crippen molar-refractivity contribution in [3.05, 3.63) is 11.9 Å². The standard InChI is InChI=1S/C9H18N4O/c1-5-14-9(2,3)8(10)7-6-11-12-13(7)4/h6,8H,5,10H2,1-4H3. The van der Waals surface area contributed by atoms with E-state index in [2.05, 4.69) is 10.3 Å². The molecule has 0 bridgehead atoms. The molecule has 0 aliphatic heterocycles. The molecule has 0 saturated heterocycles. The van der Waals surface area contributed by atoms with Gasteiger partial charge in [-0.05, 0) is 20.8 Å². The Bertz CT molecular complexity index is 295.